The number of aldehydes is 1. The zero-order valence-corrected chi connectivity index (χ0v) is 8.17. The summed E-state index contributed by atoms with van der Waals surface area (Å²) in [5.41, 5.74) is 1.19. The molecule has 1 heterocycles. The van der Waals surface area contributed by atoms with Crippen LogP contribution in [0.5, 0.6) is 5.75 Å². The minimum absolute atomic E-state index is 0.532. The van der Waals surface area contributed by atoms with E-state index in [2.05, 4.69) is 0 Å². The highest BCUT2D eigenvalue weighted by atomic mass is 16.7. The van der Waals surface area contributed by atoms with E-state index in [1.54, 1.807) is 25.3 Å². The maximum absolute atomic E-state index is 10.8. The van der Waals surface area contributed by atoms with E-state index in [1.165, 1.54) is 12.5 Å². The molecule has 0 N–H and O–H groups in total. The fourth-order valence-corrected chi connectivity index (χ4v) is 1.38. The Kier molecular flexibility index (Phi) is 2.58. The van der Waals surface area contributed by atoms with Crippen LogP contribution >= 0.6 is 0 Å². The summed E-state index contributed by atoms with van der Waals surface area (Å²) in [6.07, 6.45) is 3.09. The highest BCUT2D eigenvalue weighted by Gasteiger charge is 2.19. The highest BCUT2D eigenvalue weighted by Crippen LogP contribution is 2.29. The second-order valence-corrected chi connectivity index (χ2v) is 2.99. The summed E-state index contributed by atoms with van der Waals surface area (Å²) < 4.78 is 15.4. The zero-order chi connectivity index (χ0) is 10.7. The van der Waals surface area contributed by atoms with Crippen LogP contribution < -0.4 is 4.74 Å². The molecule has 0 radical (unpaired) electrons. The van der Waals surface area contributed by atoms with Crippen molar-refractivity contribution in [1.29, 1.82) is 0 Å². The fourth-order valence-electron chi connectivity index (χ4n) is 1.38. The van der Waals surface area contributed by atoms with Gasteiger partial charge >= 0.3 is 0 Å². The van der Waals surface area contributed by atoms with Crippen LogP contribution in [0.3, 0.4) is 0 Å². The van der Waals surface area contributed by atoms with E-state index >= 15 is 0 Å². The van der Waals surface area contributed by atoms with Gasteiger partial charge in [-0.1, -0.05) is 0 Å². The van der Waals surface area contributed by atoms with Gasteiger partial charge in [0, 0.05) is 11.1 Å². The Morgan fingerprint density at radius 1 is 1.33 bits per heavy atom. The molecule has 1 aromatic carbocycles. The van der Waals surface area contributed by atoms with E-state index in [0.29, 0.717) is 16.9 Å². The van der Waals surface area contributed by atoms with Crippen molar-refractivity contribution in [2.75, 3.05) is 7.11 Å². The van der Waals surface area contributed by atoms with Crippen molar-refractivity contribution in [2.45, 2.75) is 6.29 Å². The first kappa shape index (κ1) is 9.58. The number of methoxy groups -OCH3 is 1. The molecule has 0 unspecified atom stereocenters. The molecular weight excluding hydrogens is 196 g/mol. The van der Waals surface area contributed by atoms with Gasteiger partial charge in [0.05, 0.1) is 7.11 Å². The highest BCUT2D eigenvalue weighted by molar-refractivity contribution is 5.77. The Labute approximate surface area is 87.1 Å². The van der Waals surface area contributed by atoms with Crippen molar-refractivity contribution in [3.05, 3.63) is 41.9 Å². The van der Waals surface area contributed by atoms with Gasteiger partial charge in [0.15, 0.2) is 6.29 Å². The molecule has 0 bridgehead atoms. The van der Waals surface area contributed by atoms with E-state index in [4.69, 9.17) is 14.2 Å². The van der Waals surface area contributed by atoms with Gasteiger partial charge in [0.1, 0.15) is 18.3 Å². The molecule has 4 nitrogen and oxygen atoms in total. The Bertz CT molecular complexity index is 390. The number of carbonyl (C=O) groups is 1. The van der Waals surface area contributed by atoms with E-state index in [-0.39, 0.29) is 0 Å². The number of ether oxygens (including phenoxy) is 3. The molecule has 1 aliphatic rings. The molecule has 2 rings (SSSR count). The van der Waals surface area contributed by atoms with Crippen LogP contribution in [0.2, 0.25) is 0 Å². The van der Waals surface area contributed by atoms with Gasteiger partial charge in [-0.2, -0.15) is 0 Å². The molecular formula is C11H10O4. The lowest BCUT2D eigenvalue weighted by atomic mass is 10.1. The van der Waals surface area contributed by atoms with Gasteiger partial charge in [0.2, 0.25) is 0 Å². The summed E-state index contributed by atoms with van der Waals surface area (Å²) in [5, 5.41) is 0. The summed E-state index contributed by atoms with van der Waals surface area (Å²) in [4.78, 5) is 10.8. The van der Waals surface area contributed by atoms with Crippen molar-refractivity contribution < 1.29 is 19.0 Å². The Balaban J connectivity index is 2.37. The normalized spacial score (nSPS) is 14.5. The van der Waals surface area contributed by atoms with Crippen LogP contribution in [-0.2, 0) is 9.47 Å². The summed E-state index contributed by atoms with van der Waals surface area (Å²) >= 11 is 0. The molecule has 4 heteroatoms. The number of carbonyl (C=O) groups excluding carboxylic acids is 1. The molecule has 0 amide bonds. The summed E-state index contributed by atoms with van der Waals surface area (Å²) in [7, 11) is 1.56. The fraction of sp³-hybridized carbons (Fsp3) is 0.182. The quantitative estimate of drug-likeness (QED) is 0.710. The number of rotatable bonds is 3. The van der Waals surface area contributed by atoms with Gasteiger partial charge in [0.25, 0.3) is 6.29 Å². The van der Waals surface area contributed by atoms with Crippen molar-refractivity contribution in [3.8, 4) is 5.75 Å². The van der Waals surface area contributed by atoms with E-state index in [1.807, 2.05) is 0 Å². The van der Waals surface area contributed by atoms with Gasteiger partial charge in [-0.25, -0.2) is 0 Å². The lowest BCUT2D eigenvalue weighted by Gasteiger charge is -2.13. The molecule has 0 saturated heterocycles. The first-order valence-electron chi connectivity index (χ1n) is 4.44. The summed E-state index contributed by atoms with van der Waals surface area (Å²) in [5.74, 6) is 0.662. The zero-order valence-electron chi connectivity index (χ0n) is 8.17. The summed E-state index contributed by atoms with van der Waals surface area (Å²) in [6, 6.07) is 5.11. The molecule has 78 valence electrons. The smallest absolute Gasteiger partial charge is 0.267 e. The molecule has 1 aromatic rings. The maximum Gasteiger partial charge on any atom is 0.267 e. The third kappa shape index (κ3) is 1.79. The molecule has 0 fully saturated rings. The van der Waals surface area contributed by atoms with Gasteiger partial charge < -0.3 is 14.2 Å². The summed E-state index contributed by atoms with van der Waals surface area (Å²) in [6.45, 7) is 0. The van der Waals surface area contributed by atoms with Crippen molar-refractivity contribution in [3.63, 3.8) is 0 Å². The van der Waals surface area contributed by atoms with E-state index in [0.717, 1.165) is 6.29 Å². The van der Waals surface area contributed by atoms with Crippen LogP contribution in [0.4, 0.5) is 0 Å². The molecule has 0 aliphatic carbocycles. The predicted octanol–water partition coefficient (Wildman–Crippen LogP) is 2.02. The first-order valence-corrected chi connectivity index (χ1v) is 4.44. The second kappa shape index (κ2) is 4.04. The standard InChI is InChI=1S/C11H10O4/c1-13-9-3-2-8(7-12)10(6-9)11-14-4-5-15-11/h2-7,11H,1H3. The van der Waals surface area contributed by atoms with Crippen LogP contribution in [0, 0.1) is 0 Å². The topological polar surface area (TPSA) is 44.8 Å². The minimum atomic E-state index is -0.555. The van der Waals surface area contributed by atoms with Gasteiger partial charge in [-0.3, -0.25) is 4.79 Å². The molecule has 1 aliphatic heterocycles. The first-order chi connectivity index (χ1) is 7.35. The third-order valence-electron chi connectivity index (χ3n) is 2.13. The average molecular weight is 206 g/mol. The Morgan fingerprint density at radius 2 is 2.07 bits per heavy atom. The predicted molar refractivity (Wildman–Crippen MR) is 52.4 cm³/mol. The van der Waals surface area contributed by atoms with Crippen LogP contribution in [0.25, 0.3) is 0 Å². The Morgan fingerprint density at radius 3 is 2.67 bits per heavy atom. The van der Waals surface area contributed by atoms with Crippen LogP contribution in [0.15, 0.2) is 30.7 Å². The van der Waals surface area contributed by atoms with Crippen LogP contribution in [0.1, 0.15) is 22.2 Å². The van der Waals surface area contributed by atoms with Gasteiger partial charge in [-0.15, -0.1) is 0 Å². The number of hydrogen-bond acceptors (Lipinski definition) is 4. The van der Waals surface area contributed by atoms with E-state index < -0.39 is 6.29 Å². The maximum atomic E-state index is 10.8. The monoisotopic (exact) mass is 206 g/mol. The van der Waals surface area contributed by atoms with Gasteiger partial charge in [-0.05, 0) is 18.2 Å². The minimum Gasteiger partial charge on any atom is -0.497 e. The Hall–Kier alpha value is -1.97. The largest absolute Gasteiger partial charge is 0.497 e. The third-order valence-corrected chi connectivity index (χ3v) is 2.13. The molecule has 0 atom stereocenters. The van der Waals surface area contributed by atoms with Crippen molar-refractivity contribution in [2.24, 2.45) is 0 Å². The van der Waals surface area contributed by atoms with E-state index in [9.17, 15) is 4.79 Å². The molecule has 15 heavy (non-hydrogen) atoms. The lowest BCUT2D eigenvalue weighted by Crippen LogP contribution is -2.02. The molecule has 0 aromatic heterocycles. The van der Waals surface area contributed by atoms with Crippen molar-refractivity contribution in [1.82, 2.24) is 0 Å². The second-order valence-electron chi connectivity index (χ2n) is 2.99. The number of hydrogen-bond donors (Lipinski definition) is 0. The average Bonchev–Trinajstić information content (AvgIpc) is 2.81. The van der Waals surface area contributed by atoms with Crippen molar-refractivity contribution >= 4 is 6.29 Å². The molecule has 0 saturated carbocycles. The number of benzene rings is 1. The SMILES string of the molecule is COc1ccc(C=O)c(C2OC=CO2)c1. The van der Waals surface area contributed by atoms with Crippen LogP contribution in [-0.4, -0.2) is 13.4 Å². The lowest BCUT2D eigenvalue weighted by molar-refractivity contribution is -0.0250. The molecule has 0 spiro atoms.